The molecule has 0 radical (unpaired) electrons. The number of rotatable bonds is 6. The van der Waals surface area contributed by atoms with Crippen molar-refractivity contribution in [3.8, 4) is 16.9 Å². The number of aryl methyl sites for hydroxylation is 1. The Morgan fingerprint density at radius 2 is 1.93 bits per heavy atom. The molecule has 1 aromatic carbocycles. The second-order valence-corrected chi connectivity index (χ2v) is 8.59. The first-order valence-electron chi connectivity index (χ1n) is 8.50. The van der Waals surface area contributed by atoms with Crippen LogP contribution in [-0.2, 0) is 22.1 Å². The lowest BCUT2D eigenvalue weighted by molar-refractivity contribution is 0.600. The van der Waals surface area contributed by atoms with Gasteiger partial charge in [0, 0.05) is 36.8 Å². The normalized spacial score (nSPS) is 11.7. The molecular weight excluding hydrogens is 369 g/mol. The van der Waals surface area contributed by atoms with Crippen LogP contribution in [0.3, 0.4) is 0 Å². The Bertz CT molecular complexity index is 1130. The van der Waals surface area contributed by atoms with Crippen LogP contribution in [-0.4, -0.2) is 29.0 Å². The molecule has 0 fully saturated rings. The van der Waals surface area contributed by atoms with Crippen LogP contribution in [0.4, 0.5) is 4.39 Å². The summed E-state index contributed by atoms with van der Waals surface area (Å²) in [4.78, 5) is 11.8. The zero-order valence-corrected chi connectivity index (χ0v) is 15.9. The van der Waals surface area contributed by atoms with Gasteiger partial charge in [0.25, 0.3) is 5.56 Å². The molecule has 3 rings (SSSR count). The average Bonchev–Trinajstić information content (AvgIpc) is 3.05. The van der Waals surface area contributed by atoms with E-state index in [2.05, 4.69) is 5.10 Å². The van der Waals surface area contributed by atoms with Crippen LogP contribution in [0.15, 0.2) is 53.6 Å². The summed E-state index contributed by atoms with van der Waals surface area (Å²) >= 11 is 0. The van der Waals surface area contributed by atoms with Crippen molar-refractivity contribution in [1.82, 2.24) is 14.3 Å². The number of nitrogens with zero attached hydrogens (tertiary/aromatic N) is 3. The van der Waals surface area contributed by atoms with Gasteiger partial charge in [-0.1, -0.05) is 13.0 Å². The lowest BCUT2D eigenvalue weighted by Gasteiger charge is -2.07. The first kappa shape index (κ1) is 19.0. The Morgan fingerprint density at radius 1 is 1.15 bits per heavy atom. The van der Waals surface area contributed by atoms with E-state index >= 15 is 0 Å². The van der Waals surface area contributed by atoms with Gasteiger partial charge in [0.05, 0.1) is 17.1 Å². The molecule has 3 aromatic rings. The minimum atomic E-state index is -3.23. The van der Waals surface area contributed by atoms with Gasteiger partial charge in [-0.25, -0.2) is 17.5 Å². The highest BCUT2D eigenvalue weighted by molar-refractivity contribution is 7.89. The molecule has 0 atom stereocenters. The molecule has 0 unspecified atom stereocenters. The van der Waals surface area contributed by atoms with Crippen molar-refractivity contribution in [1.29, 1.82) is 0 Å². The minimum Gasteiger partial charge on any atom is -0.313 e. The Labute approximate surface area is 156 Å². The van der Waals surface area contributed by atoms with E-state index in [4.69, 9.17) is 0 Å². The largest absolute Gasteiger partial charge is 0.313 e. The highest BCUT2D eigenvalue weighted by atomic mass is 32.2. The third-order valence-electron chi connectivity index (χ3n) is 4.02. The second kappa shape index (κ2) is 7.48. The summed E-state index contributed by atoms with van der Waals surface area (Å²) in [6.07, 6.45) is 5.35. The van der Waals surface area contributed by atoms with E-state index in [1.807, 2.05) is 6.92 Å². The molecule has 0 aliphatic rings. The van der Waals surface area contributed by atoms with E-state index in [1.54, 1.807) is 39.8 Å². The van der Waals surface area contributed by atoms with Crippen LogP contribution >= 0.6 is 0 Å². The van der Waals surface area contributed by atoms with Crippen molar-refractivity contribution in [2.75, 3.05) is 6.26 Å². The summed E-state index contributed by atoms with van der Waals surface area (Å²) in [5, 5.41) is 4.39. The van der Waals surface area contributed by atoms with Crippen molar-refractivity contribution in [2.45, 2.75) is 25.6 Å². The van der Waals surface area contributed by atoms with E-state index in [1.165, 1.54) is 18.2 Å². The van der Waals surface area contributed by atoms with E-state index in [9.17, 15) is 17.6 Å². The number of hydrogen-bond acceptors (Lipinski definition) is 4. The summed E-state index contributed by atoms with van der Waals surface area (Å²) in [5.41, 5.74) is 1.72. The number of aromatic nitrogens is 3. The van der Waals surface area contributed by atoms with Crippen LogP contribution in [0.25, 0.3) is 16.9 Å². The highest BCUT2D eigenvalue weighted by Crippen LogP contribution is 2.23. The molecule has 0 spiro atoms. The number of pyridine rings is 1. The maximum Gasteiger partial charge on any atom is 0.250 e. The summed E-state index contributed by atoms with van der Waals surface area (Å²) in [7, 11) is -3.23. The first-order chi connectivity index (χ1) is 12.8. The Balaban J connectivity index is 1.92. The minimum absolute atomic E-state index is 0.0829. The second-order valence-electron chi connectivity index (χ2n) is 6.45. The van der Waals surface area contributed by atoms with E-state index in [0.29, 0.717) is 23.5 Å². The zero-order chi connectivity index (χ0) is 19.6. The molecule has 6 nitrogen and oxygen atoms in total. The fraction of sp³-hybridized carbons (Fsp3) is 0.263. The smallest absolute Gasteiger partial charge is 0.250 e. The number of benzene rings is 1. The molecule has 142 valence electrons. The maximum absolute atomic E-state index is 14.5. The summed E-state index contributed by atoms with van der Waals surface area (Å²) in [5.74, 6) is -0.741. The van der Waals surface area contributed by atoms with Gasteiger partial charge in [-0.3, -0.25) is 4.79 Å². The molecule has 0 bridgehead atoms. The molecule has 0 aliphatic carbocycles. The van der Waals surface area contributed by atoms with E-state index in [-0.39, 0.29) is 16.9 Å². The zero-order valence-electron chi connectivity index (χ0n) is 15.1. The van der Waals surface area contributed by atoms with Gasteiger partial charge in [0.15, 0.2) is 9.84 Å². The molecule has 27 heavy (non-hydrogen) atoms. The van der Waals surface area contributed by atoms with Crippen LogP contribution in [0.2, 0.25) is 0 Å². The molecule has 0 saturated heterocycles. The predicted molar refractivity (Wildman–Crippen MR) is 102 cm³/mol. The number of sulfone groups is 1. The number of hydrogen-bond donors (Lipinski definition) is 0. The first-order valence-corrected chi connectivity index (χ1v) is 10.6. The SMILES string of the molecule is CCCn1cc(-n2ccc(-c3ccc(CS(C)(=O)=O)cc3F)n2)ccc1=O. The summed E-state index contributed by atoms with van der Waals surface area (Å²) in [6.45, 7) is 2.60. The molecule has 0 amide bonds. The van der Waals surface area contributed by atoms with Gasteiger partial charge in [-0.05, 0) is 36.2 Å². The van der Waals surface area contributed by atoms with Crippen molar-refractivity contribution >= 4 is 9.84 Å². The maximum atomic E-state index is 14.5. The average molecular weight is 389 g/mol. The number of halogens is 1. The lowest BCUT2D eigenvalue weighted by Crippen LogP contribution is -2.19. The van der Waals surface area contributed by atoms with Crippen LogP contribution in [0, 0.1) is 5.82 Å². The van der Waals surface area contributed by atoms with Crippen LogP contribution in [0.1, 0.15) is 18.9 Å². The fourth-order valence-electron chi connectivity index (χ4n) is 2.84. The predicted octanol–water partition coefficient (Wildman–Crippen LogP) is 2.79. The Hall–Kier alpha value is -2.74. The topological polar surface area (TPSA) is 74.0 Å². The lowest BCUT2D eigenvalue weighted by atomic mass is 10.1. The Kier molecular flexibility index (Phi) is 5.27. The van der Waals surface area contributed by atoms with Gasteiger partial charge in [0.1, 0.15) is 5.82 Å². The molecule has 0 aliphatic heterocycles. The molecule has 0 N–H and O–H groups in total. The standard InChI is InChI=1S/C19H20FN3O3S/c1-3-9-22-12-15(5-7-19(22)24)23-10-8-18(21-23)16-6-4-14(11-17(16)20)13-27(2,25)26/h4-8,10-12H,3,9,13H2,1-2H3. The van der Waals surface area contributed by atoms with Crippen molar-refractivity contribution < 1.29 is 12.8 Å². The van der Waals surface area contributed by atoms with Gasteiger partial charge >= 0.3 is 0 Å². The van der Waals surface area contributed by atoms with E-state index in [0.717, 1.165) is 12.7 Å². The highest BCUT2D eigenvalue weighted by Gasteiger charge is 2.12. The molecule has 2 aromatic heterocycles. The van der Waals surface area contributed by atoms with Gasteiger partial charge in [-0.15, -0.1) is 0 Å². The molecule has 2 heterocycles. The Morgan fingerprint density at radius 3 is 2.59 bits per heavy atom. The third-order valence-corrected chi connectivity index (χ3v) is 4.88. The quantitative estimate of drug-likeness (QED) is 0.650. The van der Waals surface area contributed by atoms with E-state index < -0.39 is 15.7 Å². The third kappa shape index (κ3) is 4.51. The molecule has 8 heteroatoms. The monoisotopic (exact) mass is 389 g/mol. The molecular formula is C19H20FN3O3S. The van der Waals surface area contributed by atoms with Gasteiger partial charge in [0.2, 0.25) is 0 Å². The van der Waals surface area contributed by atoms with Crippen molar-refractivity contribution in [2.24, 2.45) is 0 Å². The summed E-state index contributed by atoms with van der Waals surface area (Å²) < 4.78 is 40.4. The molecule has 0 saturated carbocycles. The van der Waals surface area contributed by atoms with Gasteiger partial charge in [-0.2, -0.15) is 5.10 Å². The van der Waals surface area contributed by atoms with Gasteiger partial charge < -0.3 is 4.57 Å². The van der Waals surface area contributed by atoms with Crippen LogP contribution in [0.5, 0.6) is 0 Å². The fourth-order valence-corrected chi connectivity index (χ4v) is 3.63. The van der Waals surface area contributed by atoms with Crippen molar-refractivity contribution in [3.05, 3.63) is 70.5 Å². The van der Waals surface area contributed by atoms with Crippen LogP contribution < -0.4 is 5.56 Å². The van der Waals surface area contributed by atoms with Crippen molar-refractivity contribution in [3.63, 3.8) is 0 Å². The summed E-state index contributed by atoms with van der Waals surface area (Å²) in [6, 6.07) is 9.14.